The molecule has 0 rings (SSSR count). The molecule has 0 aromatic carbocycles. The molecule has 0 aliphatic rings. The van der Waals surface area contributed by atoms with Crippen LogP contribution in [-0.4, -0.2) is 13.1 Å². The maximum Gasteiger partial charge on any atom is 0.305 e. The molecule has 2 heteroatoms. The fourth-order valence-corrected chi connectivity index (χ4v) is 0.798. The van der Waals surface area contributed by atoms with Gasteiger partial charge in [-0.25, -0.2) is 0 Å². The van der Waals surface area contributed by atoms with Gasteiger partial charge in [0.1, 0.15) is 0 Å². The van der Waals surface area contributed by atoms with Gasteiger partial charge in [-0.2, -0.15) is 0 Å². The highest BCUT2D eigenvalue weighted by Crippen LogP contribution is 2.06. The molecule has 0 fully saturated rings. The molecule has 0 unspecified atom stereocenters. The average Bonchev–Trinajstić information content (AvgIpc) is 1.97. The summed E-state index contributed by atoms with van der Waals surface area (Å²) in [5.41, 5.74) is 1.18. The first-order valence-electron chi connectivity index (χ1n) is 3.88. The number of hydrogen-bond acceptors (Lipinski definition) is 2. The van der Waals surface area contributed by atoms with Crippen LogP contribution >= 0.6 is 0 Å². The second kappa shape index (κ2) is 5.96. The van der Waals surface area contributed by atoms with E-state index in [1.807, 2.05) is 6.92 Å². The van der Waals surface area contributed by atoms with Crippen molar-refractivity contribution in [1.82, 2.24) is 0 Å². The van der Waals surface area contributed by atoms with Crippen LogP contribution in [0.2, 0.25) is 0 Å². The zero-order valence-corrected chi connectivity index (χ0v) is 7.35. The van der Waals surface area contributed by atoms with Crippen molar-refractivity contribution >= 4 is 5.97 Å². The Morgan fingerprint density at radius 1 is 1.36 bits per heavy atom. The third-order valence-corrected chi connectivity index (χ3v) is 1.46. The Balaban J connectivity index is 3.14. The van der Waals surface area contributed by atoms with Crippen molar-refractivity contribution < 1.29 is 9.53 Å². The van der Waals surface area contributed by atoms with E-state index in [1.54, 1.807) is 0 Å². The van der Waals surface area contributed by atoms with E-state index in [0.717, 1.165) is 19.3 Å². The normalized spacial score (nSPS) is 9.27. The van der Waals surface area contributed by atoms with E-state index in [9.17, 15) is 4.79 Å². The molecule has 0 heterocycles. The average molecular weight is 156 g/mol. The van der Waals surface area contributed by atoms with Crippen molar-refractivity contribution in [2.24, 2.45) is 0 Å². The summed E-state index contributed by atoms with van der Waals surface area (Å²) in [6.45, 7) is 5.77. The van der Waals surface area contributed by atoms with Crippen LogP contribution in [0, 0.1) is 0 Å². The van der Waals surface area contributed by atoms with Crippen molar-refractivity contribution in [2.75, 3.05) is 7.11 Å². The molecule has 0 amide bonds. The Labute approximate surface area is 68.2 Å². The Morgan fingerprint density at radius 3 is 2.36 bits per heavy atom. The second-order valence-electron chi connectivity index (χ2n) is 2.74. The van der Waals surface area contributed by atoms with Gasteiger partial charge in [0.25, 0.3) is 0 Å². The quantitative estimate of drug-likeness (QED) is 0.347. The molecule has 0 aliphatic carbocycles. The standard InChI is InChI=1S/C9H16O2/c1-8(2)6-4-5-7-9(10)11-3/h1,4-7H2,2-3H3. The van der Waals surface area contributed by atoms with E-state index in [2.05, 4.69) is 11.3 Å². The summed E-state index contributed by atoms with van der Waals surface area (Å²) in [6, 6.07) is 0. The largest absolute Gasteiger partial charge is 0.469 e. The third kappa shape index (κ3) is 7.10. The molecule has 0 spiro atoms. The summed E-state index contributed by atoms with van der Waals surface area (Å²) in [6.07, 6.45) is 3.48. The molecule has 11 heavy (non-hydrogen) atoms. The van der Waals surface area contributed by atoms with Gasteiger partial charge >= 0.3 is 5.97 Å². The Hall–Kier alpha value is -0.790. The highest BCUT2D eigenvalue weighted by atomic mass is 16.5. The molecule has 0 bridgehead atoms. The van der Waals surface area contributed by atoms with Crippen molar-refractivity contribution in [3.63, 3.8) is 0 Å². The molecule has 0 aliphatic heterocycles. The summed E-state index contributed by atoms with van der Waals surface area (Å²) in [7, 11) is 1.42. The number of carbonyl (C=O) groups is 1. The van der Waals surface area contributed by atoms with Crippen molar-refractivity contribution in [1.29, 1.82) is 0 Å². The minimum Gasteiger partial charge on any atom is -0.469 e. The van der Waals surface area contributed by atoms with Crippen molar-refractivity contribution in [3.8, 4) is 0 Å². The van der Waals surface area contributed by atoms with Crippen LogP contribution < -0.4 is 0 Å². The van der Waals surface area contributed by atoms with E-state index >= 15 is 0 Å². The smallest absolute Gasteiger partial charge is 0.305 e. The van der Waals surface area contributed by atoms with Gasteiger partial charge in [0, 0.05) is 6.42 Å². The zero-order valence-electron chi connectivity index (χ0n) is 7.35. The number of carbonyl (C=O) groups excluding carboxylic acids is 1. The van der Waals surface area contributed by atoms with E-state index in [4.69, 9.17) is 0 Å². The number of allylic oxidation sites excluding steroid dienone is 1. The number of methoxy groups -OCH3 is 1. The number of rotatable bonds is 5. The molecule has 64 valence electrons. The molecule has 0 atom stereocenters. The highest BCUT2D eigenvalue weighted by molar-refractivity contribution is 5.68. The van der Waals surface area contributed by atoms with Gasteiger partial charge in [-0.05, 0) is 26.2 Å². The minimum atomic E-state index is -0.119. The first-order chi connectivity index (χ1) is 5.16. The molecule has 0 radical (unpaired) electrons. The summed E-state index contributed by atoms with van der Waals surface area (Å²) in [5, 5.41) is 0. The lowest BCUT2D eigenvalue weighted by Crippen LogP contribution is -1.99. The van der Waals surface area contributed by atoms with Crippen molar-refractivity contribution in [3.05, 3.63) is 12.2 Å². The van der Waals surface area contributed by atoms with Crippen LogP contribution in [0.4, 0.5) is 0 Å². The molecule has 0 aromatic rings. The number of ether oxygens (including phenoxy) is 1. The molecule has 0 aromatic heterocycles. The highest BCUT2D eigenvalue weighted by Gasteiger charge is 1.98. The van der Waals surface area contributed by atoms with Crippen LogP contribution in [0.15, 0.2) is 12.2 Å². The van der Waals surface area contributed by atoms with Gasteiger partial charge in [0.15, 0.2) is 0 Å². The lowest BCUT2D eigenvalue weighted by Gasteiger charge is -1.98. The SMILES string of the molecule is C=C(C)CCCCC(=O)OC. The predicted octanol–water partition coefficient (Wildman–Crippen LogP) is 2.30. The molecule has 2 nitrogen and oxygen atoms in total. The van der Waals surface area contributed by atoms with Crippen LogP contribution in [-0.2, 0) is 9.53 Å². The fraction of sp³-hybridized carbons (Fsp3) is 0.667. The summed E-state index contributed by atoms with van der Waals surface area (Å²) in [4.78, 5) is 10.6. The van der Waals surface area contributed by atoms with E-state index in [0.29, 0.717) is 6.42 Å². The first kappa shape index (κ1) is 10.2. The van der Waals surface area contributed by atoms with Gasteiger partial charge in [-0.15, -0.1) is 6.58 Å². The predicted molar refractivity (Wildman–Crippen MR) is 45.3 cm³/mol. The van der Waals surface area contributed by atoms with Gasteiger partial charge in [-0.3, -0.25) is 4.79 Å². The van der Waals surface area contributed by atoms with Crippen molar-refractivity contribution in [2.45, 2.75) is 32.6 Å². The number of hydrogen-bond donors (Lipinski definition) is 0. The summed E-state index contributed by atoms with van der Waals surface area (Å²) in [5.74, 6) is -0.119. The third-order valence-electron chi connectivity index (χ3n) is 1.46. The maximum atomic E-state index is 10.6. The molecule has 0 N–H and O–H groups in total. The molecule has 0 saturated heterocycles. The molecular formula is C9H16O2. The topological polar surface area (TPSA) is 26.3 Å². The monoisotopic (exact) mass is 156 g/mol. The van der Waals surface area contributed by atoms with Gasteiger partial charge in [0.05, 0.1) is 7.11 Å². The lowest BCUT2D eigenvalue weighted by molar-refractivity contribution is -0.140. The Kier molecular flexibility index (Phi) is 5.53. The zero-order chi connectivity index (χ0) is 8.69. The number of unbranched alkanes of at least 4 members (excludes halogenated alkanes) is 1. The van der Waals surface area contributed by atoms with Crippen LogP contribution in [0.25, 0.3) is 0 Å². The summed E-state index contributed by atoms with van der Waals surface area (Å²) < 4.78 is 4.50. The molecular weight excluding hydrogens is 140 g/mol. The number of esters is 1. The second-order valence-corrected chi connectivity index (χ2v) is 2.74. The molecule has 0 saturated carbocycles. The summed E-state index contributed by atoms with van der Waals surface area (Å²) >= 11 is 0. The Bertz CT molecular complexity index is 138. The van der Waals surface area contributed by atoms with Gasteiger partial charge in [0.2, 0.25) is 0 Å². The fourth-order valence-electron chi connectivity index (χ4n) is 0.798. The van der Waals surface area contributed by atoms with Gasteiger partial charge < -0.3 is 4.74 Å². The van der Waals surface area contributed by atoms with E-state index in [1.165, 1.54) is 12.7 Å². The maximum absolute atomic E-state index is 10.6. The van der Waals surface area contributed by atoms with E-state index < -0.39 is 0 Å². The first-order valence-corrected chi connectivity index (χ1v) is 3.88. The van der Waals surface area contributed by atoms with Crippen LogP contribution in [0.5, 0.6) is 0 Å². The lowest BCUT2D eigenvalue weighted by atomic mass is 10.1. The van der Waals surface area contributed by atoms with Gasteiger partial charge in [-0.1, -0.05) is 5.57 Å². The minimum absolute atomic E-state index is 0.119. The van der Waals surface area contributed by atoms with E-state index in [-0.39, 0.29) is 5.97 Å². The Morgan fingerprint density at radius 2 is 1.91 bits per heavy atom. The van der Waals surface area contributed by atoms with Crippen LogP contribution in [0.3, 0.4) is 0 Å². The van der Waals surface area contributed by atoms with Crippen LogP contribution in [0.1, 0.15) is 32.6 Å².